The van der Waals surface area contributed by atoms with Crippen LogP contribution in [-0.2, 0) is 16.6 Å². The molecule has 4 aliphatic rings. The summed E-state index contributed by atoms with van der Waals surface area (Å²) in [5, 5.41) is 17.9. The van der Waals surface area contributed by atoms with Gasteiger partial charge in [-0.25, -0.2) is 4.79 Å². The summed E-state index contributed by atoms with van der Waals surface area (Å²) in [4.78, 5) is 27.5. The van der Waals surface area contributed by atoms with Gasteiger partial charge in [0, 0.05) is 18.0 Å². The van der Waals surface area contributed by atoms with Gasteiger partial charge in [-0.1, -0.05) is 48.6 Å². The molecule has 7 heteroatoms. The number of rotatable bonds is 4. The van der Waals surface area contributed by atoms with Crippen molar-refractivity contribution >= 4 is 18.0 Å². The molecule has 2 heterocycles. The highest BCUT2D eigenvalue weighted by atomic mass is 16.5. The van der Waals surface area contributed by atoms with Gasteiger partial charge in [0.2, 0.25) is 0 Å². The smallest absolute Gasteiger partial charge is 0.322 e. The van der Waals surface area contributed by atoms with E-state index in [1.807, 2.05) is 30.3 Å². The van der Waals surface area contributed by atoms with Gasteiger partial charge in [0.05, 0.1) is 12.7 Å². The fraction of sp³-hybridized carbons (Fsp3) is 0.429. The minimum absolute atomic E-state index is 0.0740. The van der Waals surface area contributed by atoms with Gasteiger partial charge in [-0.2, -0.15) is 0 Å². The van der Waals surface area contributed by atoms with Gasteiger partial charge in [-0.3, -0.25) is 15.0 Å². The highest BCUT2D eigenvalue weighted by molar-refractivity contribution is 6.07. The molecule has 4 atom stereocenters. The van der Waals surface area contributed by atoms with Crippen LogP contribution in [0.4, 0.5) is 4.79 Å². The number of fused-ring (bicyclic) bond motifs is 1. The molecule has 1 spiro atoms. The number of carbonyl (C=O) groups excluding carboxylic acids is 2. The summed E-state index contributed by atoms with van der Waals surface area (Å²) in [6.45, 7) is 1.54. The molecule has 2 bridgehead atoms. The first-order valence-corrected chi connectivity index (χ1v) is 12.4. The minimum Gasteiger partial charge on any atom is -0.497 e. The summed E-state index contributed by atoms with van der Waals surface area (Å²) in [5.41, 5.74) is 0.751. The minimum atomic E-state index is -1.01. The topological polar surface area (TPSA) is 90.9 Å². The number of methoxy groups -OCH3 is 1. The van der Waals surface area contributed by atoms with Crippen LogP contribution in [-0.4, -0.2) is 59.3 Å². The number of aliphatic hydroxyl groups is 1. The van der Waals surface area contributed by atoms with E-state index in [1.54, 1.807) is 7.11 Å². The van der Waals surface area contributed by atoms with Crippen LogP contribution in [0.3, 0.4) is 0 Å². The number of hydrogen-bond acceptors (Lipinski definition) is 5. The van der Waals surface area contributed by atoms with Crippen molar-refractivity contribution in [2.45, 2.75) is 54.7 Å². The third kappa shape index (κ3) is 3.25. The fourth-order valence-electron chi connectivity index (χ4n) is 7.19. The third-order valence-electron chi connectivity index (χ3n) is 8.89. The number of nitrogens with one attached hydrogen (secondary N) is 2. The van der Waals surface area contributed by atoms with Crippen LogP contribution in [0.2, 0.25) is 0 Å². The number of imide groups is 1. The molecule has 2 aliphatic heterocycles. The molecule has 0 radical (unpaired) electrons. The lowest BCUT2D eigenvalue weighted by atomic mass is 9.46. The molecule has 1 saturated carbocycles. The third-order valence-corrected chi connectivity index (χ3v) is 8.89. The standard InChI is InChI=1S/C28H31N3O4/c1-35-21-10-9-20-16-23-28(34)12-11-27(24(32)29-25(33)30-27)18-26(28,22(20)17-21)13-15-31(23)14-5-8-19-6-3-2-4-7-19/h2-10,17,23,34H,11-16,18H2,1H3,(H2,29,30,32,33)/b8-5+/t23?,26-,27+,28-/m1/s1. The molecule has 1 unspecified atom stereocenters. The van der Waals surface area contributed by atoms with E-state index in [9.17, 15) is 14.7 Å². The maximum Gasteiger partial charge on any atom is 0.322 e. The van der Waals surface area contributed by atoms with Crippen LogP contribution >= 0.6 is 0 Å². The Morgan fingerprint density at radius 1 is 1.14 bits per heavy atom. The van der Waals surface area contributed by atoms with E-state index in [4.69, 9.17) is 4.74 Å². The van der Waals surface area contributed by atoms with Crippen LogP contribution in [0.15, 0.2) is 54.6 Å². The fourth-order valence-corrected chi connectivity index (χ4v) is 7.19. The quantitative estimate of drug-likeness (QED) is 0.594. The van der Waals surface area contributed by atoms with Gasteiger partial charge < -0.3 is 15.2 Å². The monoisotopic (exact) mass is 473 g/mol. The van der Waals surface area contributed by atoms with E-state index in [1.165, 1.54) is 5.56 Å². The van der Waals surface area contributed by atoms with Crippen LogP contribution in [0.1, 0.15) is 42.4 Å². The number of piperidine rings is 1. The van der Waals surface area contributed by atoms with Crippen molar-refractivity contribution < 1.29 is 19.4 Å². The van der Waals surface area contributed by atoms with E-state index in [0.717, 1.165) is 36.4 Å². The SMILES string of the molecule is COc1ccc2c(c1)[C@]13CCN(C/C=C/c4ccccc4)C(C2)[C@]1(O)CC[C@@]1(C3)NC(=O)NC1=O. The van der Waals surface area contributed by atoms with Crippen LogP contribution in [0, 0.1) is 0 Å². The Balaban J connectivity index is 1.39. The molecule has 2 aromatic rings. The summed E-state index contributed by atoms with van der Waals surface area (Å²) in [6, 6.07) is 15.8. The molecule has 6 rings (SSSR count). The van der Waals surface area contributed by atoms with Gasteiger partial charge in [0.1, 0.15) is 11.3 Å². The van der Waals surface area contributed by atoms with Crippen molar-refractivity contribution in [3.8, 4) is 5.75 Å². The molecule has 2 aromatic carbocycles. The molecule has 3 amide bonds. The lowest BCUT2D eigenvalue weighted by molar-refractivity contribution is -0.178. The summed E-state index contributed by atoms with van der Waals surface area (Å²) in [5.74, 6) is 0.463. The van der Waals surface area contributed by atoms with Gasteiger partial charge in [0.15, 0.2) is 0 Å². The molecule has 0 aromatic heterocycles. The average Bonchev–Trinajstić information content (AvgIpc) is 3.13. The Labute approximate surface area is 205 Å². The number of nitrogens with zero attached hydrogens (tertiary/aromatic N) is 1. The van der Waals surface area contributed by atoms with Gasteiger partial charge in [0.25, 0.3) is 5.91 Å². The predicted molar refractivity (Wildman–Crippen MR) is 132 cm³/mol. The second-order valence-corrected chi connectivity index (χ2v) is 10.5. The maximum atomic E-state index is 13.0. The van der Waals surface area contributed by atoms with Crippen molar-refractivity contribution in [3.05, 3.63) is 71.3 Å². The van der Waals surface area contributed by atoms with Crippen molar-refractivity contribution in [2.75, 3.05) is 20.2 Å². The van der Waals surface area contributed by atoms with E-state index in [2.05, 4.69) is 45.9 Å². The number of amides is 3. The van der Waals surface area contributed by atoms with E-state index in [0.29, 0.717) is 25.7 Å². The van der Waals surface area contributed by atoms with E-state index >= 15 is 0 Å². The largest absolute Gasteiger partial charge is 0.497 e. The molecular formula is C28H31N3O4. The number of carbonyl (C=O) groups is 2. The number of benzene rings is 2. The molecule has 3 N–H and O–H groups in total. The van der Waals surface area contributed by atoms with Crippen LogP contribution < -0.4 is 15.4 Å². The number of urea groups is 1. The first-order chi connectivity index (χ1) is 16.9. The zero-order valence-corrected chi connectivity index (χ0v) is 19.9. The zero-order valence-electron chi connectivity index (χ0n) is 19.9. The highest BCUT2D eigenvalue weighted by Gasteiger charge is 2.69. The predicted octanol–water partition coefficient (Wildman–Crippen LogP) is 2.77. The lowest BCUT2D eigenvalue weighted by Gasteiger charge is -2.65. The molecular weight excluding hydrogens is 442 g/mol. The Morgan fingerprint density at radius 2 is 1.97 bits per heavy atom. The van der Waals surface area contributed by atoms with Crippen molar-refractivity contribution in [2.24, 2.45) is 0 Å². The highest BCUT2D eigenvalue weighted by Crippen LogP contribution is 2.60. The van der Waals surface area contributed by atoms with Crippen molar-refractivity contribution in [3.63, 3.8) is 0 Å². The molecule has 7 nitrogen and oxygen atoms in total. The van der Waals surface area contributed by atoms with E-state index in [-0.39, 0.29) is 11.9 Å². The van der Waals surface area contributed by atoms with Crippen LogP contribution in [0.5, 0.6) is 5.75 Å². The Morgan fingerprint density at radius 3 is 2.71 bits per heavy atom. The Hall–Kier alpha value is -3.16. The number of likely N-dealkylation sites (tertiary alicyclic amines) is 1. The summed E-state index contributed by atoms with van der Waals surface area (Å²) < 4.78 is 5.55. The first kappa shape index (κ1) is 22.3. The molecule has 35 heavy (non-hydrogen) atoms. The molecule has 2 saturated heterocycles. The number of hydrogen-bond donors (Lipinski definition) is 3. The normalized spacial score (nSPS) is 33.8. The second kappa shape index (κ2) is 7.93. The van der Waals surface area contributed by atoms with Crippen LogP contribution in [0.25, 0.3) is 6.08 Å². The summed E-state index contributed by atoms with van der Waals surface area (Å²) in [7, 11) is 1.64. The zero-order chi connectivity index (χ0) is 24.3. The summed E-state index contributed by atoms with van der Waals surface area (Å²) >= 11 is 0. The average molecular weight is 474 g/mol. The Bertz CT molecular complexity index is 1210. The molecule has 3 fully saturated rings. The van der Waals surface area contributed by atoms with Gasteiger partial charge in [-0.05, 0) is 67.5 Å². The number of ether oxygens (including phenoxy) is 1. The van der Waals surface area contributed by atoms with Crippen molar-refractivity contribution in [1.29, 1.82) is 0 Å². The lowest BCUT2D eigenvalue weighted by Crippen LogP contribution is -2.76. The first-order valence-electron chi connectivity index (χ1n) is 12.4. The maximum absolute atomic E-state index is 13.0. The molecule has 2 aliphatic carbocycles. The molecule has 182 valence electrons. The summed E-state index contributed by atoms with van der Waals surface area (Å²) in [6.07, 6.45) is 6.99. The van der Waals surface area contributed by atoms with Crippen molar-refractivity contribution in [1.82, 2.24) is 15.5 Å². The van der Waals surface area contributed by atoms with E-state index < -0.39 is 22.6 Å². The second-order valence-electron chi connectivity index (χ2n) is 10.5. The van der Waals surface area contributed by atoms with Gasteiger partial charge >= 0.3 is 6.03 Å². The van der Waals surface area contributed by atoms with Gasteiger partial charge in [-0.15, -0.1) is 0 Å². The Kier molecular flexibility index (Phi) is 5.06.